The number of carbonyl (C=O) groups excluding carboxylic acids is 2. The van der Waals surface area contributed by atoms with Crippen LogP contribution in [-0.2, 0) is 9.59 Å². The molecule has 1 fully saturated rings. The molecule has 98 valence electrons. The molecule has 0 atom stereocenters. The minimum absolute atomic E-state index is 0.244. The molecule has 0 saturated carbocycles. The zero-order chi connectivity index (χ0) is 12.9. The number of ketones is 1. The Morgan fingerprint density at radius 3 is 2.65 bits per heavy atom. The van der Waals surface area contributed by atoms with Crippen molar-refractivity contribution in [1.82, 2.24) is 4.90 Å². The molecule has 0 radical (unpaired) electrons. The molecule has 0 bridgehead atoms. The smallest absolute Gasteiger partial charge is 0.222 e. The third kappa shape index (κ3) is 5.33. The van der Waals surface area contributed by atoms with Crippen LogP contribution in [0.2, 0.25) is 0 Å². The van der Waals surface area contributed by atoms with Gasteiger partial charge in [-0.2, -0.15) is 0 Å². The molecule has 1 heterocycles. The Morgan fingerprint density at radius 2 is 2.00 bits per heavy atom. The fourth-order valence-electron chi connectivity index (χ4n) is 2.20. The summed E-state index contributed by atoms with van der Waals surface area (Å²) in [6.07, 6.45) is 5.27. The van der Waals surface area contributed by atoms with Crippen molar-refractivity contribution in [2.45, 2.75) is 59.3 Å². The molecule has 0 unspecified atom stereocenters. The lowest BCUT2D eigenvalue weighted by atomic mass is 9.85. The van der Waals surface area contributed by atoms with E-state index in [2.05, 4.69) is 13.8 Å². The molecule has 3 nitrogen and oxygen atoms in total. The molecule has 0 N–H and O–H groups in total. The Balaban J connectivity index is 2.32. The van der Waals surface area contributed by atoms with E-state index in [-0.39, 0.29) is 5.78 Å². The van der Waals surface area contributed by atoms with Gasteiger partial charge in [0.05, 0.1) is 0 Å². The third-order valence-corrected chi connectivity index (χ3v) is 3.63. The molecule has 0 spiro atoms. The number of rotatable bonds is 5. The summed E-state index contributed by atoms with van der Waals surface area (Å²) in [6.45, 7) is 7.80. The molecule has 0 aromatic heterocycles. The van der Waals surface area contributed by atoms with Gasteiger partial charge in [0.25, 0.3) is 0 Å². The molecule has 0 aromatic carbocycles. The van der Waals surface area contributed by atoms with Crippen LogP contribution < -0.4 is 0 Å². The average molecular weight is 239 g/mol. The number of carbonyl (C=O) groups is 2. The minimum atomic E-state index is 0.244. The van der Waals surface area contributed by atoms with Crippen molar-refractivity contribution in [2.24, 2.45) is 5.41 Å². The van der Waals surface area contributed by atoms with Gasteiger partial charge in [-0.15, -0.1) is 0 Å². The van der Waals surface area contributed by atoms with E-state index in [9.17, 15) is 9.59 Å². The maximum Gasteiger partial charge on any atom is 0.222 e. The van der Waals surface area contributed by atoms with Crippen molar-refractivity contribution in [3.63, 3.8) is 0 Å². The van der Waals surface area contributed by atoms with Gasteiger partial charge in [0, 0.05) is 25.9 Å². The van der Waals surface area contributed by atoms with Gasteiger partial charge in [0.15, 0.2) is 0 Å². The summed E-state index contributed by atoms with van der Waals surface area (Å²) in [5, 5.41) is 0. The molecule has 3 heteroatoms. The highest BCUT2D eigenvalue weighted by Crippen LogP contribution is 2.30. The van der Waals surface area contributed by atoms with Crippen LogP contribution >= 0.6 is 0 Å². The normalized spacial score (nSPS) is 20.2. The predicted molar refractivity (Wildman–Crippen MR) is 68.7 cm³/mol. The Morgan fingerprint density at radius 1 is 1.29 bits per heavy atom. The maximum absolute atomic E-state index is 11.9. The van der Waals surface area contributed by atoms with Gasteiger partial charge < -0.3 is 9.69 Å². The summed E-state index contributed by atoms with van der Waals surface area (Å²) >= 11 is 0. The monoisotopic (exact) mass is 239 g/mol. The van der Waals surface area contributed by atoms with Crippen molar-refractivity contribution in [1.29, 1.82) is 0 Å². The van der Waals surface area contributed by atoms with Gasteiger partial charge >= 0.3 is 0 Å². The Labute approximate surface area is 105 Å². The number of Topliss-reactive ketones (excluding diaryl/α,β-unsaturated/α-hetero) is 1. The standard InChI is InChI=1S/C14H25NO2/c1-12(16)6-4-5-10-15-11-9-14(2,3)8-7-13(15)17/h4-11H2,1-3H3. The number of hydrogen-bond acceptors (Lipinski definition) is 2. The van der Waals surface area contributed by atoms with E-state index in [1.165, 1.54) is 0 Å². The average Bonchev–Trinajstić information content (AvgIpc) is 2.36. The first-order valence-electron chi connectivity index (χ1n) is 6.68. The van der Waals surface area contributed by atoms with Crippen LogP contribution in [0.4, 0.5) is 0 Å². The molecule has 1 amide bonds. The highest BCUT2D eigenvalue weighted by Gasteiger charge is 2.26. The SMILES string of the molecule is CC(=O)CCCCN1CCC(C)(C)CCC1=O. The second-order valence-electron chi connectivity index (χ2n) is 5.95. The number of nitrogens with zero attached hydrogens (tertiary/aromatic N) is 1. The summed E-state index contributed by atoms with van der Waals surface area (Å²) in [7, 11) is 0. The fraction of sp³-hybridized carbons (Fsp3) is 0.857. The first kappa shape index (κ1) is 14.2. The van der Waals surface area contributed by atoms with Crippen molar-refractivity contribution in [2.75, 3.05) is 13.1 Å². The third-order valence-electron chi connectivity index (χ3n) is 3.63. The molecule has 1 aliphatic heterocycles. The second kappa shape index (κ2) is 6.18. The van der Waals surface area contributed by atoms with Crippen LogP contribution in [-0.4, -0.2) is 29.7 Å². The first-order valence-corrected chi connectivity index (χ1v) is 6.68. The summed E-state index contributed by atoms with van der Waals surface area (Å²) in [4.78, 5) is 24.7. The molecular formula is C14H25NO2. The second-order valence-corrected chi connectivity index (χ2v) is 5.95. The van der Waals surface area contributed by atoms with E-state index in [1.54, 1.807) is 6.92 Å². The molecule has 0 aliphatic carbocycles. The topological polar surface area (TPSA) is 37.4 Å². The van der Waals surface area contributed by atoms with Crippen LogP contribution in [0.1, 0.15) is 59.3 Å². The molecular weight excluding hydrogens is 214 g/mol. The summed E-state index contributed by atoms with van der Waals surface area (Å²) in [5.74, 6) is 0.534. The Hall–Kier alpha value is -0.860. The van der Waals surface area contributed by atoms with Crippen LogP contribution in [0.25, 0.3) is 0 Å². The van der Waals surface area contributed by atoms with E-state index >= 15 is 0 Å². The zero-order valence-corrected chi connectivity index (χ0v) is 11.4. The lowest BCUT2D eigenvalue weighted by Crippen LogP contribution is -2.31. The highest BCUT2D eigenvalue weighted by molar-refractivity contribution is 5.76. The summed E-state index contributed by atoms with van der Waals surface area (Å²) < 4.78 is 0. The van der Waals surface area contributed by atoms with Crippen molar-refractivity contribution in [3.05, 3.63) is 0 Å². The van der Waals surface area contributed by atoms with Crippen LogP contribution in [0.3, 0.4) is 0 Å². The summed E-state index contributed by atoms with van der Waals surface area (Å²) in [5.41, 5.74) is 0.295. The van der Waals surface area contributed by atoms with Gasteiger partial charge in [-0.1, -0.05) is 13.8 Å². The van der Waals surface area contributed by atoms with Crippen molar-refractivity contribution in [3.8, 4) is 0 Å². The van der Waals surface area contributed by atoms with Gasteiger partial charge in [0.2, 0.25) is 5.91 Å². The Kier molecular flexibility index (Phi) is 5.16. The fourth-order valence-corrected chi connectivity index (χ4v) is 2.20. The van der Waals surface area contributed by atoms with E-state index in [0.717, 1.165) is 38.8 Å². The van der Waals surface area contributed by atoms with E-state index in [4.69, 9.17) is 0 Å². The molecule has 0 aromatic rings. The molecule has 1 rings (SSSR count). The highest BCUT2D eigenvalue weighted by atomic mass is 16.2. The minimum Gasteiger partial charge on any atom is -0.343 e. The first-order chi connectivity index (χ1) is 7.91. The van der Waals surface area contributed by atoms with E-state index in [0.29, 0.717) is 24.2 Å². The Bertz CT molecular complexity index is 284. The number of amides is 1. The van der Waals surface area contributed by atoms with Crippen molar-refractivity contribution < 1.29 is 9.59 Å². The summed E-state index contributed by atoms with van der Waals surface area (Å²) in [6, 6.07) is 0. The zero-order valence-electron chi connectivity index (χ0n) is 11.4. The number of hydrogen-bond donors (Lipinski definition) is 0. The van der Waals surface area contributed by atoms with Crippen LogP contribution in [0.5, 0.6) is 0 Å². The lowest BCUT2D eigenvalue weighted by molar-refractivity contribution is -0.130. The molecule has 1 aliphatic rings. The molecule has 1 saturated heterocycles. The van der Waals surface area contributed by atoms with Gasteiger partial charge in [-0.25, -0.2) is 0 Å². The van der Waals surface area contributed by atoms with Crippen LogP contribution in [0.15, 0.2) is 0 Å². The molecule has 17 heavy (non-hydrogen) atoms. The maximum atomic E-state index is 11.9. The number of likely N-dealkylation sites (tertiary alicyclic amines) is 1. The van der Waals surface area contributed by atoms with Gasteiger partial charge in [-0.3, -0.25) is 4.79 Å². The van der Waals surface area contributed by atoms with Crippen molar-refractivity contribution >= 4 is 11.7 Å². The van der Waals surface area contributed by atoms with Gasteiger partial charge in [0.1, 0.15) is 5.78 Å². The van der Waals surface area contributed by atoms with Gasteiger partial charge in [-0.05, 0) is 38.0 Å². The largest absolute Gasteiger partial charge is 0.343 e. The van der Waals surface area contributed by atoms with E-state index in [1.807, 2.05) is 4.90 Å². The van der Waals surface area contributed by atoms with Crippen LogP contribution in [0, 0.1) is 5.41 Å². The predicted octanol–water partition coefficient (Wildman–Crippen LogP) is 2.78. The van der Waals surface area contributed by atoms with E-state index < -0.39 is 0 Å². The number of unbranched alkanes of at least 4 members (excludes halogenated alkanes) is 1. The lowest BCUT2D eigenvalue weighted by Gasteiger charge is -2.23. The quantitative estimate of drug-likeness (QED) is 0.692.